The first-order chi connectivity index (χ1) is 14.6. The Morgan fingerprint density at radius 2 is 1.97 bits per heavy atom. The fraction of sp³-hybridized carbons (Fsp3) is 0.550. The Bertz CT molecular complexity index is 1040. The number of pyridine rings is 1. The first-order valence-electron chi connectivity index (χ1n) is 9.86. The highest BCUT2D eigenvalue weighted by Crippen LogP contribution is 2.40. The molecule has 31 heavy (non-hydrogen) atoms. The van der Waals surface area contributed by atoms with Crippen molar-refractivity contribution in [3.63, 3.8) is 0 Å². The molecule has 1 N–H and O–H groups in total. The summed E-state index contributed by atoms with van der Waals surface area (Å²) < 4.78 is 74.1. The van der Waals surface area contributed by atoms with Crippen molar-refractivity contribution < 1.29 is 31.5 Å². The normalized spacial score (nSPS) is 19.7. The van der Waals surface area contributed by atoms with Gasteiger partial charge < -0.3 is 10.1 Å². The van der Waals surface area contributed by atoms with Crippen LogP contribution in [0.25, 0.3) is 5.65 Å². The number of carbonyl (C=O) groups excluding carboxylic acids is 1. The summed E-state index contributed by atoms with van der Waals surface area (Å²) in [6.07, 6.45) is -5.51. The van der Waals surface area contributed by atoms with Crippen LogP contribution in [0, 0.1) is 17.2 Å². The number of nitrogens with one attached hydrogen (secondary N) is 1. The first kappa shape index (κ1) is 21.5. The SMILES string of the molecule is N#Cc1cc(C(=O)NC2COC2)cc2nc(C(F)(F)F)c(CC3CCC(F)(F)CC3)n12. The Labute approximate surface area is 174 Å². The van der Waals surface area contributed by atoms with Crippen LogP contribution in [0.3, 0.4) is 0 Å². The molecule has 1 aliphatic heterocycles. The highest BCUT2D eigenvalue weighted by Gasteiger charge is 2.41. The molecule has 166 valence electrons. The summed E-state index contributed by atoms with van der Waals surface area (Å²) in [4.78, 5) is 16.1. The van der Waals surface area contributed by atoms with Crippen LogP contribution in [-0.2, 0) is 17.3 Å². The molecule has 0 aromatic carbocycles. The van der Waals surface area contributed by atoms with E-state index in [9.17, 15) is 32.0 Å². The molecule has 0 bridgehead atoms. The highest BCUT2D eigenvalue weighted by molar-refractivity contribution is 5.95. The number of imidazole rings is 1. The summed E-state index contributed by atoms with van der Waals surface area (Å²) in [5.74, 6) is -3.72. The smallest absolute Gasteiger partial charge is 0.377 e. The number of hydrogen-bond donors (Lipinski definition) is 1. The molecule has 2 fully saturated rings. The van der Waals surface area contributed by atoms with Crippen LogP contribution in [0.2, 0.25) is 0 Å². The van der Waals surface area contributed by atoms with Crippen LogP contribution in [0.5, 0.6) is 0 Å². The molecule has 6 nitrogen and oxygen atoms in total. The Morgan fingerprint density at radius 3 is 2.52 bits per heavy atom. The lowest BCUT2D eigenvalue weighted by Crippen LogP contribution is -2.48. The number of aromatic nitrogens is 2. The monoisotopic (exact) mass is 442 g/mol. The van der Waals surface area contributed by atoms with Gasteiger partial charge in [0.1, 0.15) is 17.4 Å². The van der Waals surface area contributed by atoms with E-state index in [1.165, 1.54) is 12.1 Å². The van der Waals surface area contributed by atoms with Crippen LogP contribution in [0.15, 0.2) is 12.1 Å². The van der Waals surface area contributed by atoms with Gasteiger partial charge in [-0.05, 0) is 37.3 Å². The fourth-order valence-electron chi connectivity index (χ4n) is 4.03. The first-order valence-corrected chi connectivity index (χ1v) is 9.86. The molecule has 1 aliphatic carbocycles. The van der Waals surface area contributed by atoms with Gasteiger partial charge in [0.25, 0.3) is 5.91 Å². The quantitative estimate of drug-likeness (QED) is 0.732. The van der Waals surface area contributed by atoms with Crippen molar-refractivity contribution in [2.45, 2.75) is 50.2 Å². The van der Waals surface area contributed by atoms with E-state index in [2.05, 4.69) is 10.3 Å². The lowest BCUT2D eigenvalue weighted by atomic mass is 9.83. The van der Waals surface area contributed by atoms with Gasteiger partial charge in [0.15, 0.2) is 5.69 Å². The Morgan fingerprint density at radius 1 is 1.29 bits per heavy atom. The van der Waals surface area contributed by atoms with E-state index in [-0.39, 0.29) is 66.7 Å². The van der Waals surface area contributed by atoms with E-state index in [0.717, 1.165) is 4.40 Å². The third-order valence-electron chi connectivity index (χ3n) is 5.75. The van der Waals surface area contributed by atoms with Gasteiger partial charge in [-0.1, -0.05) is 0 Å². The van der Waals surface area contributed by atoms with E-state index in [0.29, 0.717) is 13.2 Å². The van der Waals surface area contributed by atoms with E-state index in [1.807, 2.05) is 6.07 Å². The second-order valence-corrected chi connectivity index (χ2v) is 8.05. The second kappa shape index (κ2) is 7.75. The van der Waals surface area contributed by atoms with Crippen molar-refractivity contribution in [1.29, 1.82) is 5.26 Å². The molecule has 2 aromatic heterocycles. The number of nitrogens with zero attached hydrogens (tertiary/aromatic N) is 3. The minimum Gasteiger partial charge on any atom is -0.377 e. The zero-order chi connectivity index (χ0) is 22.4. The van der Waals surface area contributed by atoms with Crippen LogP contribution >= 0.6 is 0 Å². The van der Waals surface area contributed by atoms with Gasteiger partial charge in [-0.15, -0.1) is 0 Å². The van der Waals surface area contributed by atoms with Crippen molar-refractivity contribution in [2.24, 2.45) is 5.92 Å². The number of halogens is 5. The highest BCUT2D eigenvalue weighted by atomic mass is 19.4. The van der Waals surface area contributed by atoms with Crippen molar-refractivity contribution in [1.82, 2.24) is 14.7 Å². The number of nitriles is 1. The molecule has 4 rings (SSSR count). The zero-order valence-electron chi connectivity index (χ0n) is 16.3. The van der Waals surface area contributed by atoms with E-state index >= 15 is 0 Å². The lowest BCUT2D eigenvalue weighted by molar-refractivity contribution is -0.141. The maximum absolute atomic E-state index is 13.7. The van der Waals surface area contributed by atoms with Crippen molar-refractivity contribution in [3.05, 3.63) is 34.8 Å². The van der Waals surface area contributed by atoms with Gasteiger partial charge in [0, 0.05) is 18.4 Å². The summed E-state index contributed by atoms with van der Waals surface area (Å²) in [5.41, 5.74) is -1.75. The molecule has 1 saturated heterocycles. The summed E-state index contributed by atoms with van der Waals surface area (Å²) >= 11 is 0. The van der Waals surface area contributed by atoms with Crippen molar-refractivity contribution >= 4 is 11.6 Å². The predicted octanol–water partition coefficient (Wildman–Crippen LogP) is 3.72. The number of ether oxygens (including phenoxy) is 1. The number of carbonyl (C=O) groups is 1. The van der Waals surface area contributed by atoms with Gasteiger partial charge >= 0.3 is 6.18 Å². The molecular formula is C20H19F5N4O2. The third kappa shape index (κ3) is 4.35. The van der Waals surface area contributed by atoms with Crippen molar-refractivity contribution in [3.8, 4) is 6.07 Å². The third-order valence-corrected chi connectivity index (χ3v) is 5.75. The Balaban J connectivity index is 1.73. The maximum atomic E-state index is 13.7. The molecular weight excluding hydrogens is 423 g/mol. The molecule has 0 radical (unpaired) electrons. The van der Waals surface area contributed by atoms with E-state index < -0.39 is 23.7 Å². The van der Waals surface area contributed by atoms with Crippen molar-refractivity contribution in [2.75, 3.05) is 13.2 Å². The average molecular weight is 442 g/mol. The molecule has 0 atom stereocenters. The standard InChI is InChI=1S/C20H19F5N4O2/c21-19(22)3-1-11(2-4-19)5-15-17(20(23,24)25)28-16-7-12(6-14(8-26)29(15)16)18(30)27-13-9-31-10-13/h6-7,11,13H,1-5,9-10H2,(H,27,30). The van der Waals surface area contributed by atoms with Gasteiger partial charge in [0.2, 0.25) is 5.92 Å². The molecule has 2 aliphatic rings. The molecule has 0 spiro atoms. The van der Waals surface area contributed by atoms with Crippen LogP contribution < -0.4 is 5.32 Å². The number of fused-ring (bicyclic) bond motifs is 1. The van der Waals surface area contributed by atoms with Crippen LogP contribution in [0.4, 0.5) is 22.0 Å². The Hall–Kier alpha value is -2.74. The summed E-state index contributed by atoms with van der Waals surface area (Å²) in [6, 6.07) is 4.05. The summed E-state index contributed by atoms with van der Waals surface area (Å²) in [7, 11) is 0. The van der Waals surface area contributed by atoms with Gasteiger partial charge in [-0.25, -0.2) is 13.8 Å². The lowest BCUT2D eigenvalue weighted by Gasteiger charge is -2.28. The molecule has 3 heterocycles. The number of hydrogen-bond acceptors (Lipinski definition) is 4. The zero-order valence-corrected chi connectivity index (χ0v) is 16.3. The molecule has 11 heteroatoms. The van der Waals surface area contributed by atoms with Crippen LogP contribution in [-0.4, -0.2) is 40.5 Å². The fourth-order valence-corrected chi connectivity index (χ4v) is 4.03. The molecule has 1 amide bonds. The van der Waals surface area contributed by atoms with Gasteiger partial charge in [-0.2, -0.15) is 18.4 Å². The minimum atomic E-state index is -4.79. The minimum absolute atomic E-state index is 0.0125. The molecule has 1 saturated carbocycles. The largest absolute Gasteiger partial charge is 0.435 e. The summed E-state index contributed by atoms with van der Waals surface area (Å²) in [5, 5.41) is 12.2. The summed E-state index contributed by atoms with van der Waals surface area (Å²) in [6.45, 7) is 0.677. The maximum Gasteiger partial charge on any atom is 0.435 e. The molecule has 0 unspecified atom stereocenters. The van der Waals surface area contributed by atoms with Gasteiger partial charge in [-0.3, -0.25) is 9.20 Å². The van der Waals surface area contributed by atoms with Crippen LogP contribution in [0.1, 0.15) is 53.1 Å². The number of rotatable bonds is 4. The van der Waals surface area contributed by atoms with Gasteiger partial charge in [0.05, 0.1) is 24.9 Å². The second-order valence-electron chi connectivity index (χ2n) is 8.05. The predicted molar refractivity (Wildman–Crippen MR) is 97.6 cm³/mol. The topological polar surface area (TPSA) is 79.4 Å². The number of alkyl halides is 5. The molecule has 2 aromatic rings. The van der Waals surface area contributed by atoms with E-state index in [1.54, 1.807) is 0 Å². The average Bonchev–Trinajstić information content (AvgIpc) is 3.04. The Kier molecular flexibility index (Phi) is 5.37. The number of amides is 1. The van der Waals surface area contributed by atoms with E-state index in [4.69, 9.17) is 4.74 Å².